The maximum absolute atomic E-state index is 11.4. The summed E-state index contributed by atoms with van der Waals surface area (Å²) < 4.78 is 9.90. The lowest BCUT2D eigenvalue weighted by atomic mass is 10.2. The van der Waals surface area contributed by atoms with Gasteiger partial charge < -0.3 is 4.55 Å². The van der Waals surface area contributed by atoms with Gasteiger partial charge in [0.1, 0.15) is 0 Å². The van der Waals surface area contributed by atoms with Crippen LogP contribution in [-0.4, -0.2) is 42.3 Å². The minimum atomic E-state index is -1.67. The van der Waals surface area contributed by atoms with Gasteiger partial charge in [-0.25, -0.2) is 9.10 Å². The van der Waals surface area contributed by atoms with Crippen LogP contribution in [0.15, 0.2) is 5.16 Å². The van der Waals surface area contributed by atoms with E-state index in [1.165, 1.54) is 19.5 Å². The molecule has 1 unspecified atom stereocenters. The maximum Gasteiger partial charge on any atom is 0.445 e. The minimum absolute atomic E-state index is 0.650. The van der Waals surface area contributed by atoms with Crippen LogP contribution >= 0.6 is 46.8 Å². The summed E-state index contributed by atoms with van der Waals surface area (Å²) in [5.74, 6) is 0. The molecule has 0 rings (SSSR count). The van der Waals surface area contributed by atoms with E-state index in [9.17, 15) is 9.35 Å². The van der Waals surface area contributed by atoms with E-state index in [1.54, 1.807) is 13.8 Å². The number of hydrogen-bond acceptors (Lipinski definition) is 5. The highest BCUT2D eigenvalue weighted by molar-refractivity contribution is 8.03. The first kappa shape index (κ1) is 18.5. The second kappa shape index (κ2) is 7.31. The van der Waals surface area contributed by atoms with Gasteiger partial charge in [0.05, 0.1) is 12.5 Å². The summed E-state index contributed by atoms with van der Waals surface area (Å²) in [6.45, 7) is 3.39. The highest BCUT2D eigenvalue weighted by Crippen LogP contribution is 2.40. The van der Waals surface area contributed by atoms with Crippen LogP contribution in [0.4, 0.5) is 4.79 Å². The lowest BCUT2D eigenvalue weighted by molar-refractivity contribution is 0.137. The largest absolute Gasteiger partial charge is 0.616 e. The summed E-state index contributed by atoms with van der Waals surface area (Å²) in [4.78, 5) is 16.0. The van der Waals surface area contributed by atoms with Crippen LogP contribution in [0.3, 0.4) is 0 Å². The van der Waals surface area contributed by atoms with Gasteiger partial charge in [-0.05, 0) is 25.0 Å². The highest BCUT2D eigenvalue weighted by atomic mass is 35.6. The van der Waals surface area contributed by atoms with Gasteiger partial charge in [0.25, 0.3) is 3.12 Å². The fraction of sp³-hybridized carbons (Fsp3) is 0.750. The average molecular weight is 356 g/mol. The Morgan fingerprint density at radius 1 is 1.50 bits per heavy atom. The molecule has 0 aromatic carbocycles. The molecule has 0 aliphatic carbocycles. The molecule has 0 aliphatic heterocycles. The van der Waals surface area contributed by atoms with Crippen molar-refractivity contribution in [2.75, 3.05) is 13.3 Å². The van der Waals surface area contributed by atoms with Crippen molar-refractivity contribution in [1.29, 1.82) is 0 Å². The van der Waals surface area contributed by atoms with Crippen LogP contribution in [0, 0.1) is 0 Å². The number of rotatable bonds is 4. The molecule has 0 bridgehead atoms. The van der Waals surface area contributed by atoms with Crippen molar-refractivity contribution in [2.45, 2.75) is 21.7 Å². The topological polar surface area (TPSA) is 65.0 Å². The van der Waals surface area contributed by atoms with Crippen molar-refractivity contribution in [3.63, 3.8) is 0 Å². The summed E-state index contributed by atoms with van der Waals surface area (Å²) in [5.41, 5.74) is 0. The van der Waals surface area contributed by atoms with E-state index in [-0.39, 0.29) is 0 Å². The molecule has 0 heterocycles. The first-order valence-corrected chi connectivity index (χ1v) is 8.01. The maximum atomic E-state index is 11.4. The normalized spacial score (nSPS) is 14.7. The Labute approximate surface area is 128 Å². The Morgan fingerprint density at radius 3 is 2.39 bits per heavy atom. The molecule has 5 nitrogen and oxygen atoms in total. The van der Waals surface area contributed by atoms with E-state index >= 15 is 0 Å². The van der Waals surface area contributed by atoms with Gasteiger partial charge in [-0.3, -0.25) is 4.84 Å². The third kappa shape index (κ3) is 7.81. The van der Waals surface area contributed by atoms with Crippen molar-refractivity contribution in [2.24, 2.45) is 5.16 Å². The summed E-state index contributed by atoms with van der Waals surface area (Å²) in [5, 5.41) is 3.46. The Bertz CT molecular complexity index is 321. The van der Waals surface area contributed by atoms with Gasteiger partial charge in [0.15, 0.2) is 4.75 Å². The van der Waals surface area contributed by atoms with Gasteiger partial charge in [-0.2, -0.15) is 0 Å². The van der Waals surface area contributed by atoms with E-state index in [0.717, 1.165) is 4.31 Å². The number of oxime groups is 1. The first-order chi connectivity index (χ1) is 7.96. The molecule has 1 atom stereocenters. The fourth-order valence-electron chi connectivity index (χ4n) is 0.523. The molecule has 106 valence electrons. The highest BCUT2D eigenvalue weighted by Gasteiger charge is 2.28. The van der Waals surface area contributed by atoms with Gasteiger partial charge in [-0.15, -0.1) is 0 Å². The molecule has 10 heteroatoms. The molecule has 0 saturated heterocycles. The van der Waals surface area contributed by atoms with Crippen LogP contribution in [0.25, 0.3) is 0 Å². The van der Waals surface area contributed by atoms with Crippen LogP contribution in [0.5, 0.6) is 0 Å². The van der Waals surface area contributed by atoms with E-state index in [2.05, 4.69) is 9.99 Å². The second-order valence-corrected chi connectivity index (χ2v) is 9.94. The smallest absolute Gasteiger partial charge is 0.445 e. The Kier molecular flexibility index (Phi) is 7.50. The second-order valence-electron chi connectivity index (χ2n) is 3.68. The zero-order chi connectivity index (χ0) is 14.6. The minimum Gasteiger partial charge on any atom is -0.616 e. The lowest BCUT2D eigenvalue weighted by Gasteiger charge is -2.21. The summed E-state index contributed by atoms with van der Waals surface area (Å²) in [6.07, 6.45) is 2.01. The molecule has 1 amide bonds. The van der Waals surface area contributed by atoms with Gasteiger partial charge in [0.2, 0.25) is 0 Å². The van der Waals surface area contributed by atoms with Crippen molar-refractivity contribution >= 4 is 70.2 Å². The number of carbonyl (C=O) groups excluding carboxylic acids is 1. The van der Waals surface area contributed by atoms with Gasteiger partial charge in [0, 0.05) is 19.0 Å². The fourth-order valence-corrected chi connectivity index (χ4v) is 2.06. The SMILES string of the molecule is CN(SC(Cl)(Cl)Cl)C(=O)ON=CC(C)(C)[S+](C)[O-]. The monoisotopic (exact) mass is 354 g/mol. The van der Waals surface area contributed by atoms with Crippen LogP contribution < -0.4 is 0 Å². The Morgan fingerprint density at radius 2 is 2.00 bits per heavy atom. The number of hydrogen-bond donors (Lipinski definition) is 0. The molecule has 0 aliphatic rings. The van der Waals surface area contributed by atoms with E-state index in [4.69, 9.17) is 34.8 Å². The molecule has 0 fully saturated rings. The Hall–Kier alpha value is 0.470. The molecule has 0 aromatic rings. The standard InChI is InChI=1S/C8H13Cl3N2O3S2/c1-7(2,18(4)15)5-12-16-6(14)13(3)17-8(9,10)11/h5H,1-4H3. The summed E-state index contributed by atoms with van der Waals surface area (Å²) in [6, 6.07) is 0. The average Bonchev–Trinajstić information content (AvgIpc) is 2.14. The molecular weight excluding hydrogens is 343 g/mol. The number of nitrogens with zero attached hydrogens (tertiary/aromatic N) is 2. The van der Waals surface area contributed by atoms with Gasteiger partial charge >= 0.3 is 6.09 Å². The van der Waals surface area contributed by atoms with E-state index in [1.807, 2.05) is 0 Å². The quantitative estimate of drug-likeness (QED) is 0.194. The summed E-state index contributed by atoms with van der Waals surface area (Å²) >= 11 is 16.0. The van der Waals surface area contributed by atoms with Crippen molar-refractivity contribution in [3.05, 3.63) is 0 Å². The predicted molar refractivity (Wildman–Crippen MR) is 78.8 cm³/mol. The lowest BCUT2D eigenvalue weighted by Crippen LogP contribution is -2.33. The number of carbonyl (C=O) groups is 1. The number of alkyl halides is 3. The molecule has 0 saturated carbocycles. The molecule has 18 heavy (non-hydrogen) atoms. The van der Waals surface area contributed by atoms with Crippen LogP contribution in [0.1, 0.15) is 13.8 Å². The number of amides is 1. The third-order valence-electron chi connectivity index (χ3n) is 1.73. The number of halogens is 3. The first-order valence-electron chi connectivity index (χ1n) is 4.54. The zero-order valence-corrected chi connectivity index (χ0v) is 14.0. The van der Waals surface area contributed by atoms with E-state index in [0.29, 0.717) is 11.9 Å². The van der Waals surface area contributed by atoms with Gasteiger partial charge in [-0.1, -0.05) is 40.0 Å². The van der Waals surface area contributed by atoms with Crippen LogP contribution in [-0.2, 0) is 16.0 Å². The molecule has 0 aromatic heterocycles. The molecule has 0 radical (unpaired) electrons. The summed E-state index contributed by atoms with van der Waals surface area (Å²) in [7, 11) is 1.37. The third-order valence-corrected chi connectivity index (χ3v) is 4.57. The van der Waals surface area contributed by atoms with Crippen molar-refractivity contribution in [1.82, 2.24) is 4.31 Å². The molecular formula is C8H13Cl3N2O3S2. The van der Waals surface area contributed by atoms with Crippen molar-refractivity contribution < 1.29 is 14.2 Å². The predicted octanol–water partition coefficient (Wildman–Crippen LogP) is 3.17. The Balaban J connectivity index is 4.31. The molecule has 0 N–H and O–H groups in total. The van der Waals surface area contributed by atoms with E-state index < -0.39 is 25.1 Å². The molecule has 0 spiro atoms. The van der Waals surface area contributed by atoms with Crippen molar-refractivity contribution in [3.8, 4) is 0 Å². The zero-order valence-electron chi connectivity index (χ0n) is 10.1. The van der Waals surface area contributed by atoms with Crippen LogP contribution in [0.2, 0.25) is 0 Å².